The predicted molar refractivity (Wildman–Crippen MR) is 124 cm³/mol. The number of hydrogen-bond donors (Lipinski definition) is 0. The number of rotatable bonds is 6. The zero-order valence-corrected chi connectivity index (χ0v) is 17.9. The molecule has 6 nitrogen and oxygen atoms in total. The summed E-state index contributed by atoms with van der Waals surface area (Å²) >= 11 is 0. The van der Waals surface area contributed by atoms with Crippen LogP contribution in [0.3, 0.4) is 0 Å². The topological polar surface area (TPSA) is 66.4 Å². The molecule has 0 N–H and O–H groups in total. The first-order valence-electron chi connectivity index (χ1n) is 10.7. The van der Waals surface area contributed by atoms with E-state index in [0.29, 0.717) is 38.3 Å². The lowest BCUT2D eigenvalue weighted by atomic mass is 9.95. The second-order valence-electron chi connectivity index (χ2n) is 7.88. The molecule has 4 rings (SSSR count). The van der Waals surface area contributed by atoms with Gasteiger partial charge in [-0.25, -0.2) is 0 Å². The lowest BCUT2D eigenvalue weighted by molar-refractivity contribution is -0.134. The van der Waals surface area contributed by atoms with E-state index in [-0.39, 0.29) is 17.7 Å². The van der Waals surface area contributed by atoms with Gasteiger partial charge < -0.3 is 9.80 Å². The van der Waals surface area contributed by atoms with Gasteiger partial charge in [-0.1, -0.05) is 36.4 Å². The standard InChI is InChI=1S/C26H26N4O2/c1-2-14-29-15-16-30(26(32)24-8-3-4-11-28-24)19-23(25(29)31)18-20-6-5-7-22(17-20)21-9-12-27-13-10-21/h2-13,17,23H,1,14-16,18-19H2. The van der Waals surface area contributed by atoms with Gasteiger partial charge in [-0.3, -0.25) is 19.6 Å². The summed E-state index contributed by atoms with van der Waals surface area (Å²) in [7, 11) is 0. The fraction of sp³-hybridized carbons (Fsp3) is 0.231. The fourth-order valence-electron chi connectivity index (χ4n) is 4.08. The van der Waals surface area contributed by atoms with Crippen molar-refractivity contribution >= 4 is 11.8 Å². The van der Waals surface area contributed by atoms with Crippen molar-refractivity contribution in [2.75, 3.05) is 26.2 Å². The van der Waals surface area contributed by atoms with E-state index in [9.17, 15) is 9.59 Å². The van der Waals surface area contributed by atoms with Crippen molar-refractivity contribution in [2.45, 2.75) is 6.42 Å². The maximum atomic E-state index is 13.3. The third-order valence-corrected chi connectivity index (χ3v) is 5.68. The van der Waals surface area contributed by atoms with Gasteiger partial charge in [0.05, 0.1) is 5.92 Å². The molecule has 0 aliphatic carbocycles. The summed E-state index contributed by atoms with van der Waals surface area (Å²) in [4.78, 5) is 38.2. The van der Waals surface area contributed by atoms with Crippen LogP contribution in [0.25, 0.3) is 11.1 Å². The highest BCUT2D eigenvalue weighted by molar-refractivity contribution is 5.93. The molecule has 1 fully saturated rings. The molecule has 32 heavy (non-hydrogen) atoms. The summed E-state index contributed by atoms with van der Waals surface area (Å²) in [5, 5.41) is 0. The van der Waals surface area contributed by atoms with Gasteiger partial charge in [0.1, 0.15) is 5.69 Å². The number of benzene rings is 1. The maximum absolute atomic E-state index is 13.3. The predicted octanol–water partition coefficient (Wildman–Crippen LogP) is 3.47. The van der Waals surface area contributed by atoms with E-state index in [1.165, 1.54) is 0 Å². The molecule has 1 saturated heterocycles. The molecule has 2 aromatic heterocycles. The van der Waals surface area contributed by atoms with Gasteiger partial charge in [0.25, 0.3) is 5.91 Å². The zero-order valence-electron chi connectivity index (χ0n) is 17.9. The number of pyridine rings is 2. The highest BCUT2D eigenvalue weighted by Crippen LogP contribution is 2.23. The van der Waals surface area contributed by atoms with Crippen molar-refractivity contribution in [3.05, 3.63) is 97.1 Å². The molecule has 1 aromatic carbocycles. The van der Waals surface area contributed by atoms with Crippen LogP contribution in [-0.4, -0.2) is 57.8 Å². The second-order valence-corrected chi connectivity index (χ2v) is 7.88. The van der Waals surface area contributed by atoms with Crippen LogP contribution in [0, 0.1) is 5.92 Å². The Balaban J connectivity index is 1.59. The summed E-state index contributed by atoms with van der Waals surface area (Å²) in [6, 6.07) is 17.4. The van der Waals surface area contributed by atoms with Gasteiger partial charge in [0, 0.05) is 44.8 Å². The molecule has 1 unspecified atom stereocenters. The molecule has 0 spiro atoms. The smallest absolute Gasteiger partial charge is 0.272 e. The van der Waals surface area contributed by atoms with Crippen molar-refractivity contribution in [2.24, 2.45) is 5.92 Å². The molecule has 6 heteroatoms. The highest BCUT2D eigenvalue weighted by Gasteiger charge is 2.32. The van der Waals surface area contributed by atoms with Gasteiger partial charge in [-0.05, 0) is 47.4 Å². The minimum absolute atomic E-state index is 0.0514. The lowest BCUT2D eigenvalue weighted by Gasteiger charge is -2.23. The van der Waals surface area contributed by atoms with Crippen LogP contribution in [0.5, 0.6) is 0 Å². The molecule has 3 aromatic rings. The van der Waals surface area contributed by atoms with E-state index < -0.39 is 0 Å². The molecular formula is C26H26N4O2. The SMILES string of the molecule is C=CCN1CCN(C(=O)c2ccccn2)CC(Cc2cccc(-c3ccncc3)c2)C1=O. The second kappa shape index (κ2) is 10.0. The van der Waals surface area contributed by atoms with Crippen LogP contribution in [-0.2, 0) is 11.2 Å². The van der Waals surface area contributed by atoms with Crippen LogP contribution in [0.4, 0.5) is 0 Å². The first kappa shape index (κ1) is 21.4. The highest BCUT2D eigenvalue weighted by atomic mass is 16.2. The molecular weight excluding hydrogens is 400 g/mol. The number of nitrogens with zero attached hydrogens (tertiary/aromatic N) is 4. The van der Waals surface area contributed by atoms with Gasteiger partial charge in [0.15, 0.2) is 0 Å². The van der Waals surface area contributed by atoms with E-state index in [2.05, 4.69) is 28.7 Å². The number of hydrogen-bond acceptors (Lipinski definition) is 4. The van der Waals surface area contributed by atoms with Gasteiger partial charge >= 0.3 is 0 Å². The summed E-state index contributed by atoms with van der Waals surface area (Å²) in [5.74, 6) is -0.428. The van der Waals surface area contributed by atoms with E-state index in [1.807, 2.05) is 24.3 Å². The molecule has 1 aliphatic rings. The number of amides is 2. The van der Waals surface area contributed by atoms with Gasteiger partial charge in [0.2, 0.25) is 5.91 Å². The number of aromatic nitrogens is 2. The molecule has 0 saturated carbocycles. The molecule has 0 bridgehead atoms. The molecule has 3 heterocycles. The van der Waals surface area contributed by atoms with E-state index >= 15 is 0 Å². The Kier molecular flexibility index (Phi) is 6.70. The van der Waals surface area contributed by atoms with Crippen LogP contribution >= 0.6 is 0 Å². The average molecular weight is 427 g/mol. The Morgan fingerprint density at radius 2 is 1.88 bits per heavy atom. The Labute approximate surface area is 188 Å². The van der Waals surface area contributed by atoms with Crippen molar-refractivity contribution in [1.29, 1.82) is 0 Å². The molecule has 0 radical (unpaired) electrons. The largest absolute Gasteiger partial charge is 0.337 e. The maximum Gasteiger partial charge on any atom is 0.272 e. The lowest BCUT2D eigenvalue weighted by Crippen LogP contribution is -2.38. The Morgan fingerprint density at radius 3 is 2.62 bits per heavy atom. The molecule has 2 amide bonds. The summed E-state index contributed by atoms with van der Waals surface area (Å²) in [6.07, 6.45) is 7.44. The monoisotopic (exact) mass is 426 g/mol. The third-order valence-electron chi connectivity index (χ3n) is 5.68. The number of carbonyl (C=O) groups is 2. The van der Waals surface area contributed by atoms with E-state index in [4.69, 9.17) is 0 Å². The normalized spacial score (nSPS) is 16.5. The Bertz CT molecular complexity index is 1090. The van der Waals surface area contributed by atoms with Crippen LogP contribution in [0.1, 0.15) is 16.1 Å². The first-order chi connectivity index (χ1) is 15.7. The van der Waals surface area contributed by atoms with Crippen LogP contribution in [0.2, 0.25) is 0 Å². The molecule has 1 atom stereocenters. The third kappa shape index (κ3) is 4.91. The average Bonchev–Trinajstić information content (AvgIpc) is 2.99. The van der Waals surface area contributed by atoms with Crippen LogP contribution in [0.15, 0.2) is 85.8 Å². The summed E-state index contributed by atoms with van der Waals surface area (Å²) in [5.41, 5.74) is 3.61. The van der Waals surface area contributed by atoms with Crippen LogP contribution < -0.4 is 0 Å². The molecule has 162 valence electrons. The van der Waals surface area contributed by atoms with Crippen molar-refractivity contribution < 1.29 is 9.59 Å². The van der Waals surface area contributed by atoms with Crippen molar-refractivity contribution in [1.82, 2.24) is 19.8 Å². The quantitative estimate of drug-likeness (QED) is 0.566. The summed E-state index contributed by atoms with van der Waals surface area (Å²) in [6.45, 7) is 5.58. The minimum Gasteiger partial charge on any atom is -0.337 e. The van der Waals surface area contributed by atoms with E-state index in [0.717, 1.165) is 16.7 Å². The minimum atomic E-state index is -0.335. The number of carbonyl (C=O) groups excluding carboxylic acids is 2. The Hall–Kier alpha value is -3.80. The zero-order chi connectivity index (χ0) is 22.3. The molecule has 1 aliphatic heterocycles. The summed E-state index contributed by atoms with van der Waals surface area (Å²) < 4.78 is 0. The van der Waals surface area contributed by atoms with Crippen molar-refractivity contribution in [3.63, 3.8) is 0 Å². The van der Waals surface area contributed by atoms with E-state index in [1.54, 1.807) is 52.7 Å². The van der Waals surface area contributed by atoms with Gasteiger partial charge in [-0.15, -0.1) is 6.58 Å². The Morgan fingerprint density at radius 1 is 1.03 bits per heavy atom. The first-order valence-corrected chi connectivity index (χ1v) is 10.7. The van der Waals surface area contributed by atoms with Crippen molar-refractivity contribution in [3.8, 4) is 11.1 Å². The fourth-order valence-corrected chi connectivity index (χ4v) is 4.08. The van der Waals surface area contributed by atoms with Gasteiger partial charge in [-0.2, -0.15) is 0 Å².